The van der Waals surface area contributed by atoms with Gasteiger partial charge < -0.3 is 42.6 Å². The molecule has 2 bridgehead atoms. The SMILES string of the molecule is CC(=O)O[C@@H]1[C@@H](OC(C)=O)[C@H](O[C@H]2[C@@H]3OC[C@H]2O[C@@H](S(=O)c2ccccc2)[C@@H]3OC(C)=O)O[C@@H]2COC(c3ccccc3)O[C@@H]12. The first-order chi connectivity index (χ1) is 21.7. The van der Waals surface area contributed by atoms with Crippen molar-refractivity contribution in [1.29, 1.82) is 0 Å². The highest BCUT2D eigenvalue weighted by molar-refractivity contribution is 7.85. The summed E-state index contributed by atoms with van der Waals surface area (Å²) in [5.74, 6) is -1.93. The van der Waals surface area contributed by atoms with Crippen molar-refractivity contribution < 1.29 is 61.2 Å². The van der Waals surface area contributed by atoms with Gasteiger partial charge in [-0.2, -0.15) is 0 Å². The first-order valence-electron chi connectivity index (χ1n) is 14.6. The van der Waals surface area contributed by atoms with Crippen LogP contribution < -0.4 is 0 Å². The average molecular weight is 647 g/mol. The first-order valence-corrected chi connectivity index (χ1v) is 15.8. The van der Waals surface area contributed by atoms with E-state index in [0.717, 1.165) is 5.56 Å². The first kappa shape index (κ1) is 31.7. The number of hydrogen-bond acceptors (Lipinski definition) is 13. The summed E-state index contributed by atoms with van der Waals surface area (Å²) in [6.07, 6.45) is -9.78. The van der Waals surface area contributed by atoms with Gasteiger partial charge >= 0.3 is 17.9 Å². The van der Waals surface area contributed by atoms with Crippen molar-refractivity contribution in [3.05, 3.63) is 66.2 Å². The van der Waals surface area contributed by atoms with Crippen LogP contribution in [0.25, 0.3) is 0 Å². The maximum atomic E-state index is 13.6. The minimum Gasteiger partial charge on any atom is -0.456 e. The highest BCUT2D eigenvalue weighted by Gasteiger charge is 2.60. The quantitative estimate of drug-likeness (QED) is 0.304. The molecule has 13 nitrogen and oxygen atoms in total. The fraction of sp³-hybridized carbons (Fsp3) is 0.516. The molecule has 45 heavy (non-hydrogen) atoms. The van der Waals surface area contributed by atoms with Gasteiger partial charge in [-0.05, 0) is 12.1 Å². The number of esters is 3. The van der Waals surface area contributed by atoms with Gasteiger partial charge in [0.2, 0.25) is 0 Å². The molecule has 6 rings (SSSR count). The van der Waals surface area contributed by atoms with Gasteiger partial charge in [0.05, 0.1) is 24.0 Å². The summed E-state index contributed by atoms with van der Waals surface area (Å²) in [4.78, 5) is 37.3. The zero-order valence-corrected chi connectivity index (χ0v) is 25.6. The van der Waals surface area contributed by atoms with Gasteiger partial charge in [0.1, 0.15) is 30.5 Å². The molecule has 4 aliphatic rings. The van der Waals surface area contributed by atoms with Crippen LogP contribution in [0.4, 0.5) is 0 Å². The number of hydrogen-bond donors (Lipinski definition) is 0. The Hall–Kier alpha value is -3.24. The van der Waals surface area contributed by atoms with E-state index < -0.39 is 95.6 Å². The molecule has 4 heterocycles. The largest absolute Gasteiger partial charge is 0.456 e. The van der Waals surface area contributed by atoms with Crippen molar-refractivity contribution in [3.63, 3.8) is 0 Å². The smallest absolute Gasteiger partial charge is 0.303 e. The summed E-state index contributed by atoms with van der Waals surface area (Å²) in [5, 5.41) is 0. The van der Waals surface area contributed by atoms with E-state index in [1.807, 2.05) is 30.3 Å². The van der Waals surface area contributed by atoms with Crippen molar-refractivity contribution in [2.75, 3.05) is 13.2 Å². The van der Waals surface area contributed by atoms with Crippen molar-refractivity contribution in [1.82, 2.24) is 0 Å². The van der Waals surface area contributed by atoms with Crippen molar-refractivity contribution >= 4 is 28.7 Å². The number of carbonyl (C=O) groups is 3. The predicted molar refractivity (Wildman–Crippen MR) is 151 cm³/mol. The molecule has 4 fully saturated rings. The van der Waals surface area contributed by atoms with E-state index in [9.17, 15) is 18.6 Å². The van der Waals surface area contributed by atoms with E-state index in [0.29, 0.717) is 4.90 Å². The Morgan fingerprint density at radius 1 is 0.667 bits per heavy atom. The highest BCUT2D eigenvalue weighted by Crippen LogP contribution is 2.41. The highest BCUT2D eigenvalue weighted by atomic mass is 32.2. The molecule has 2 aromatic rings. The molecule has 0 radical (unpaired) electrons. The van der Waals surface area contributed by atoms with E-state index in [2.05, 4.69) is 0 Å². The number of fused-ring (bicyclic) bond motifs is 3. The molecular weight excluding hydrogens is 612 g/mol. The van der Waals surface area contributed by atoms with Crippen molar-refractivity contribution in [2.45, 2.75) is 92.5 Å². The maximum Gasteiger partial charge on any atom is 0.303 e. The lowest BCUT2D eigenvalue weighted by molar-refractivity contribution is -0.373. The third-order valence-electron chi connectivity index (χ3n) is 7.78. The minimum absolute atomic E-state index is 0.0466. The number of ether oxygens (including phenoxy) is 9. The van der Waals surface area contributed by atoms with Gasteiger partial charge in [0.25, 0.3) is 0 Å². The molecule has 242 valence electrons. The summed E-state index contributed by atoms with van der Waals surface area (Å²) in [7, 11) is -1.72. The molecule has 4 aliphatic heterocycles. The van der Waals surface area contributed by atoms with Crippen LogP contribution >= 0.6 is 0 Å². The molecule has 0 aromatic heterocycles. The van der Waals surface area contributed by atoms with Gasteiger partial charge in [-0.1, -0.05) is 48.5 Å². The van der Waals surface area contributed by atoms with Crippen LogP contribution in [0.15, 0.2) is 65.6 Å². The van der Waals surface area contributed by atoms with Gasteiger partial charge in [0.15, 0.2) is 36.3 Å². The van der Waals surface area contributed by atoms with Crippen LogP contribution in [0.5, 0.6) is 0 Å². The monoisotopic (exact) mass is 646 g/mol. The minimum atomic E-state index is -1.72. The van der Waals surface area contributed by atoms with Crippen LogP contribution in [0.2, 0.25) is 0 Å². The standard InChI is InChI=1S/C31H34O13S/c1-16(32)38-26-24-21(15-37-29(43-24)19-10-6-4-7-11-19)41-30(27(26)39-17(2)33)44-23-22-14-36-25(23)28(40-18(3)34)31(42-22)45(35)20-12-8-5-9-13-20/h4-13,21-31H,14-15H2,1-3H3/t21-,22-,23-,24-,25+,26+,27-,28-,29?,30+,31+,45?/m1/s1. The lowest BCUT2D eigenvalue weighted by Crippen LogP contribution is -2.66. The third kappa shape index (κ3) is 6.82. The predicted octanol–water partition coefficient (Wildman–Crippen LogP) is 1.94. The van der Waals surface area contributed by atoms with E-state index >= 15 is 0 Å². The lowest BCUT2D eigenvalue weighted by atomic mass is 9.96. The summed E-state index contributed by atoms with van der Waals surface area (Å²) in [6, 6.07) is 17.9. The summed E-state index contributed by atoms with van der Waals surface area (Å²) >= 11 is 0. The second-order valence-corrected chi connectivity index (χ2v) is 12.5. The Morgan fingerprint density at radius 3 is 1.93 bits per heavy atom. The topological polar surface area (TPSA) is 151 Å². The Morgan fingerprint density at radius 2 is 1.27 bits per heavy atom. The summed E-state index contributed by atoms with van der Waals surface area (Å²) < 4.78 is 67.5. The second-order valence-electron chi connectivity index (χ2n) is 11.0. The molecule has 4 saturated heterocycles. The molecule has 14 heteroatoms. The van der Waals surface area contributed by atoms with Crippen LogP contribution in [0, 0.1) is 0 Å². The normalized spacial score (nSPS) is 36.3. The molecule has 2 unspecified atom stereocenters. The molecule has 0 spiro atoms. The summed E-state index contributed by atoms with van der Waals surface area (Å²) in [5.41, 5.74) is -0.301. The van der Waals surface area contributed by atoms with Crippen molar-refractivity contribution in [2.24, 2.45) is 0 Å². The average Bonchev–Trinajstić information content (AvgIpc) is 3.31. The lowest BCUT2D eigenvalue weighted by Gasteiger charge is -2.49. The maximum absolute atomic E-state index is 13.6. The van der Waals surface area contributed by atoms with Crippen LogP contribution in [-0.4, -0.2) is 95.9 Å². The van der Waals surface area contributed by atoms with Crippen LogP contribution in [-0.2, 0) is 67.8 Å². The zero-order chi connectivity index (χ0) is 31.7. The van der Waals surface area contributed by atoms with E-state index in [4.69, 9.17) is 42.6 Å². The molecule has 0 saturated carbocycles. The van der Waals surface area contributed by atoms with E-state index in [1.54, 1.807) is 30.3 Å². The van der Waals surface area contributed by atoms with Crippen LogP contribution in [0.1, 0.15) is 32.6 Å². The second kappa shape index (κ2) is 13.6. The van der Waals surface area contributed by atoms with Gasteiger partial charge in [-0.15, -0.1) is 0 Å². The molecule has 0 aliphatic carbocycles. The van der Waals surface area contributed by atoms with Gasteiger partial charge in [-0.25, -0.2) is 0 Å². The summed E-state index contributed by atoms with van der Waals surface area (Å²) in [6.45, 7) is 3.77. The van der Waals surface area contributed by atoms with Crippen LogP contribution in [0.3, 0.4) is 0 Å². The Kier molecular flexibility index (Phi) is 9.61. The number of carbonyl (C=O) groups excluding carboxylic acids is 3. The van der Waals surface area contributed by atoms with Gasteiger partial charge in [0, 0.05) is 31.2 Å². The Labute approximate surface area is 261 Å². The molecular formula is C31H34O13S. The molecule has 2 aromatic carbocycles. The molecule has 0 N–H and O–H groups in total. The van der Waals surface area contributed by atoms with Gasteiger partial charge in [-0.3, -0.25) is 18.6 Å². The fourth-order valence-corrected chi connectivity index (χ4v) is 7.38. The zero-order valence-electron chi connectivity index (χ0n) is 24.8. The van der Waals surface area contributed by atoms with E-state index in [-0.39, 0.29) is 13.2 Å². The molecule has 12 atom stereocenters. The molecule has 0 amide bonds. The third-order valence-corrected chi connectivity index (χ3v) is 9.32. The number of rotatable bonds is 8. The Bertz CT molecular complexity index is 1390. The van der Waals surface area contributed by atoms with E-state index in [1.165, 1.54) is 20.8 Å². The number of benzene rings is 2. The van der Waals surface area contributed by atoms with Crippen molar-refractivity contribution in [3.8, 4) is 0 Å². The Balaban J connectivity index is 1.26. The fourth-order valence-electron chi connectivity index (χ4n) is 5.98.